The van der Waals surface area contributed by atoms with Crippen LogP contribution in [0.1, 0.15) is 29.9 Å². The Morgan fingerprint density at radius 2 is 1.92 bits per heavy atom. The van der Waals surface area contributed by atoms with E-state index in [1.165, 1.54) is 25.2 Å². The number of nitrogens with one attached hydrogen (secondary N) is 1. The number of hydrogen-bond acceptors (Lipinski definition) is 6. The molecule has 1 unspecified atom stereocenters. The molecule has 2 aromatic rings. The maximum absolute atomic E-state index is 12.2. The SMILES string of the molecule is CC(=O)C(C)(CCNC(=O)c1ccc(-c2cccs2)s1)S(C)(=O)=O. The maximum atomic E-state index is 12.2. The van der Waals surface area contributed by atoms with Crippen LogP contribution in [0, 0.1) is 0 Å². The zero-order chi connectivity index (χ0) is 18.0. The van der Waals surface area contributed by atoms with E-state index < -0.39 is 20.4 Å². The first-order valence-electron chi connectivity index (χ1n) is 7.28. The molecule has 0 aliphatic rings. The van der Waals surface area contributed by atoms with Gasteiger partial charge in [0.05, 0.1) is 4.88 Å². The fourth-order valence-electron chi connectivity index (χ4n) is 2.14. The van der Waals surface area contributed by atoms with E-state index in [0.29, 0.717) is 4.88 Å². The molecule has 5 nitrogen and oxygen atoms in total. The van der Waals surface area contributed by atoms with Gasteiger partial charge in [-0.2, -0.15) is 0 Å². The highest BCUT2D eigenvalue weighted by atomic mass is 32.2. The van der Waals surface area contributed by atoms with E-state index in [1.807, 2.05) is 23.6 Å². The minimum absolute atomic E-state index is 0.0517. The van der Waals surface area contributed by atoms with Crippen LogP contribution in [0.2, 0.25) is 0 Å². The summed E-state index contributed by atoms with van der Waals surface area (Å²) in [4.78, 5) is 26.6. The number of ketones is 1. The summed E-state index contributed by atoms with van der Waals surface area (Å²) in [6.45, 7) is 2.78. The first kappa shape index (κ1) is 18.8. The molecule has 0 spiro atoms. The molecule has 0 aliphatic heterocycles. The van der Waals surface area contributed by atoms with E-state index in [-0.39, 0.29) is 18.9 Å². The number of thiophene rings is 2. The molecule has 0 aromatic carbocycles. The van der Waals surface area contributed by atoms with Crippen LogP contribution in [0.4, 0.5) is 0 Å². The van der Waals surface area contributed by atoms with Gasteiger partial charge in [-0.25, -0.2) is 8.42 Å². The second-order valence-corrected chi connectivity index (χ2v) is 10.2. The van der Waals surface area contributed by atoms with Gasteiger partial charge in [0.25, 0.3) is 5.91 Å². The molecule has 2 aromatic heterocycles. The van der Waals surface area contributed by atoms with E-state index >= 15 is 0 Å². The third-order valence-corrected chi connectivity index (χ3v) is 8.32. The summed E-state index contributed by atoms with van der Waals surface area (Å²) >= 11 is 2.98. The summed E-state index contributed by atoms with van der Waals surface area (Å²) in [6.07, 6.45) is 1.10. The maximum Gasteiger partial charge on any atom is 0.261 e. The average molecular weight is 386 g/mol. The summed E-state index contributed by atoms with van der Waals surface area (Å²) in [7, 11) is -3.55. The Balaban J connectivity index is 2.00. The van der Waals surface area contributed by atoms with E-state index in [2.05, 4.69) is 5.32 Å². The third-order valence-electron chi connectivity index (χ3n) is 4.04. The van der Waals surface area contributed by atoms with Crippen molar-refractivity contribution in [3.8, 4) is 9.75 Å². The predicted octanol–water partition coefficient (Wildman–Crippen LogP) is 2.99. The van der Waals surface area contributed by atoms with Crippen molar-refractivity contribution in [1.29, 1.82) is 0 Å². The largest absolute Gasteiger partial charge is 0.351 e. The van der Waals surface area contributed by atoms with Gasteiger partial charge in [0.1, 0.15) is 4.75 Å². The van der Waals surface area contributed by atoms with Crippen molar-refractivity contribution >= 4 is 44.2 Å². The van der Waals surface area contributed by atoms with Crippen LogP contribution in [0.25, 0.3) is 9.75 Å². The Bertz CT molecular complexity index is 837. The van der Waals surface area contributed by atoms with Gasteiger partial charge in [0.2, 0.25) is 0 Å². The first-order chi connectivity index (χ1) is 11.1. The van der Waals surface area contributed by atoms with Crippen molar-refractivity contribution in [3.05, 3.63) is 34.5 Å². The van der Waals surface area contributed by atoms with Gasteiger partial charge in [0.15, 0.2) is 15.6 Å². The summed E-state index contributed by atoms with van der Waals surface area (Å²) in [5.74, 6) is -0.683. The molecule has 0 radical (unpaired) electrons. The predicted molar refractivity (Wildman–Crippen MR) is 98.5 cm³/mol. The molecular weight excluding hydrogens is 366 g/mol. The molecule has 2 rings (SSSR count). The first-order valence-corrected chi connectivity index (χ1v) is 10.9. The number of amides is 1. The highest BCUT2D eigenvalue weighted by molar-refractivity contribution is 7.92. The monoisotopic (exact) mass is 385 g/mol. The van der Waals surface area contributed by atoms with Crippen molar-refractivity contribution in [1.82, 2.24) is 5.32 Å². The molecule has 1 atom stereocenters. The van der Waals surface area contributed by atoms with Gasteiger partial charge in [-0.15, -0.1) is 22.7 Å². The summed E-state index contributed by atoms with van der Waals surface area (Å²) < 4.78 is 22.2. The van der Waals surface area contributed by atoms with Crippen molar-refractivity contribution in [3.63, 3.8) is 0 Å². The number of sulfone groups is 1. The third kappa shape index (κ3) is 3.93. The van der Waals surface area contributed by atoms with E-state index in [1.54, 1.807) is 17.4 Å². The highest BCUT2D eigenvalue weighted by Gasteiger charge is 2.40. The lowest BCUT2D eigenvalue weighted by atomic mass is 10.0. The van der Waals surface area contributed by atoms with Crippen LogP contribution >= 0.6 is 22.7 Å². The van der Waals surface area contributed by atoms with Gasteiger partial charge in [-0.1, -0.05) is 6.07 Å². The second-order valence-electron chi connectivity index (χ2n) is 5.71. The Morgan fingerprint density at radius 3 is 2.46 bits per heavy atom. The van der Waals surface area contributed by atoms with Crippen LogP contribution in [-0.2, 0) is 14.6 Å². The van der Waals surface area contributed by atoms with Crippen molar-refractivity contribution < 1.29 is 18.0 Å². The minimum atomic E-state index is -3.55. The van der Waals surface area contributed by atoms with Crippen LogP contribution in [0.5, 0.6) is 0 Å². The lowest BCUT2D eigenvalue weighted by Crippen LogP contribution is -2.44. The van der Waals surface area contributed by atoms with Crippen molar-refractivity contribution in [2.45, 2.75) is 25.0 Å². The van der Waals surface area contributed by atoms with Crippen LogP contribution in [0.15, 0.2) is 29.6 Å². The van der Waals surface area contributed by atoms with Gasteiger partial charge < -0.3 is 5.32 Å². The molecule has 24 heavy (non-hydrogen) atoms. The zero-order valence-electron chi connectivity index (χ0n) is 13.7. The summed E-state index contributed by atoms with van der Waals surface area (Å²) in [5, 5.41) is 4.67. The molecule has 8 heteroatoms. The van der Waals surface area contributed by atoms with Crippen molar-refractivity contribution in [2.75, 3.05) is 12.8 Å². The molecule has 1 amide bonds. The molecule has 130 valence electrons. The summed E-state index contributed by atoms with van der Waals surface area (Å²) in [6, 6.07) is 7.58. The lowest BCUT2D eigenvalue weighted by molar-refractivity contribution is -0.119. The number of carbonyl (C=O) groups excluding carboxylic acids is 2. The quantitative estimate of drug-likeness (QED) is 0.794. The fourth-order valence-corrected chi connectivity index (χ4v) is 4.89. The Hall–Kier alpha value is -1.51. The topological polar surface area (TPSA) is 80.3 Å². The highest BCUT2D eigenvalue weighted by Crippen LogP contribution is 2.31. The van der Waals surface area contributed by atoms with Gasteiger partial charge in [-0.3, -0.25) is 9.59 Å². The molecular formula is C16H19NO4S3. The van der Waals surface area contributed by atoms with Gasteiger partial charge in [0, 0.05) is 22.6 Å². The molecule has 0 fully saturated rings. The number of rotatable bonds is 7. The Morgan fingerprint density at radius 1 is 1.21 bits per heavy atom. The molecule has 0 bridgehead atoms. The molecule has 1 N–H and O–H groups in total. The van der Waals surface area contributed by atoms with Crippen LogP contribution < -0.4 is 5.32 Å². The van der Waals surface area contributed by atoms with E-state index in [4.69, 9.17) is 0 Å². The lowest BCUT2D eigenvalue weighted by Gasteiger charge is -2.24. The van der Waals surface area contributed by atoms with E-state index in [0.717, 1.165) is 16.0 Å². The average Bonchev–Trinajstić information content (AvgIpc) is 3.16. The Kier molecular flexibility index (Phi) is 5.62. The van der Waals surface area contributed by atoms with Gasteiger partial charge >= 0.3 is 0 Å². The van der Waals surface area contributed by atoms with E-state index in [9.17, 15) is 18.0 Å². The normalized spacial score (nSPS) is 14.1. The number of carbonyl (C=O) groups is 2. The smallest absolute Gasteiger partial charge is 0.261 e. The number of Topliss-reactive ketones (excluding diaryl/α,β-unsaturated/α-hetero) is 1. The zero-order valence-corrected chi connectivity index (χ0v) is 16.1. The Labute approximate surface area is 149 Å². The van der Waals surface area contributed by atoms with Crippen LogP contribution in [0.3, 0.4) is 0 Å². The molecule has 2 heterocycles. The van der Waals surface area contributed by atoms with Crippen LogP contribution in [-0.4, -0.2) is 37.7 Å². The minimum Gasteiger partial charge on any atom is -0.351 e. The fraction of sp³-hybridized carbons (Fsp3) is 0.375. The molecule has 0 aliphatic carbocycles. The second kappa shape index (κ2) is 7.16. The molecule has 0 saturated heterocycles. The van der Waals surface area contributed by atoms with Gasteiger partial charge in [-0.05, 0) is 43.8 Å². The molecule has 0 saturated carbocycles. The van der Waals surface area contributed by atoms with Crippen molar-refractivity contribution in [2.24, 2.45) is 0 Å². The number of hydrogen-bond donors (Lipinski definition) is 1. The summed E-state index contributed by atoms with van der Waals surface area (Å²) in [5.41, 5.74) is 0. The standard InChI is InChI=1S/C16H19NO4S3/c1-11(18)16(2,24(3,20)21)8-9-17-15(19)14-7-6-13(23-14)12-5-4-10-22-12/h4-7,10H,8-9H2,1-3H3,(H,17,19).